The van der Waals surface area contributed by atoms with Crippen LogP contribution in [-0.2, 0) is 4.74 Å². The van der Waals surface area contributed by atoms with Crippen LogP contribution in [0.15, 0.2) is 30.3 Å². The number of para-hydroxylation sites is 1. The first-order valence-corrected chi connectivity index (χ1v) is 5.73. The van der Waals surface area contributed by atoms with E-state index in [1.807, 2.05) is 0 Å². The van der Waals surface area contributed by atoms with Gasteiger partial charge in [0.2, 0.25) is 0 Å². The molecule has 15 heavy (non-hydrogen) atoms. The molecule has 2 heteroatoms. The van der Waals surface area contributed by atoms with Crippen LogP contribution in [0.25, 0.3) is 0 Å². The van der Waals surface area contributed by atoms with Gasteiger partial charge in [-0.05, 0) is 24.5 Å². The maximum absolute atomic E-state index is 5.44. The molecule has 2 aliphatic rings. The molecule has 2 saturated heterocycles. The fraction of sp³-hybridized carbons (Fsp3) is 0.538. The number of anilines is 1. The van der Waals surface area contributed by atoms with Crippen LogP contribution in [0.2, 0.25) is 0 Å². The highest BCUT2D eigenvalue weighted by molar-refractivity contribution is 5.51. The Balaban J connectivity index is 1.94. The summed E-state index contributed by atoms with van der Waals surface area (Å²) in [5, 5.41) is 0. The SMILES string of the molecule is CC1CCN(c2ccccc2)C12COC2. The number of hydrogen-bond donors (Lipinski definition) is 0. The standard InChI is InChI=1S/C13H17NO/c1-11-7-8-14(13(11)9-15-10-13)12-5-3-2-4-6-12/h2-6,11H,7-10H2,1H3. The van der Waals surface area contributed by atoms with Gasteiger partial charge in [-0.3, -0.25) is 0 Å². The lowest BCUT2D eigenvalue weighted by Gasteiger charge is -2.49. The third kappa shape index (κ3) is 1.21. The van der Waals surface area contributed by atoms with Crippen molar-refractivity contribution in [1.29, 1.82) is 0 Å². The van der Waals surface area contributed by atoms with E-state index in [1.54, 1.807) is 0 Å². The zero-order valence-electron chi connectivity index (χ0n) is 9.15. The van der Waals surface area contributed by atoms with Crippen LogP contribution in [0.4, 0.5) is 5.69 Å². The normalized spacial score (nSPS) is 28.1. The minimum atomic E-state index is 0.307. The van der Waals surface area contributed by atoms with Crippen LogP contribution >= 0.6 is 0 Å². The summed E-state index contributed by atoms with van der Waals surface area (Å²) in [5.74, 6) is 0.756. The van der Waals surface area contributed by atoms with Crippen molar-refractivity contribution in [3.8, 4) is 0 Å². The summed E-state index contributed by atoms with van der Waals surface area (Å²) in [6.45, 7) is 5.34. The van der Waals surface area contributed by atoms with Gasteiger partial charge in [-0.25, -0.2) is 0 Å². The van der Waals surface area contributed by atoms with E-state index in [9.17, 15) is 0 Å². The molecule has 0 N–H and O–H groups in total. The van der Waals surface area contributed by atoms with Gasteiger partial charge in [-0.15, -0.1) is 0 Å². The number of benzene rings is 1. The molecular formula is C13H17NO. The van der Waals surface area contributed by atoms with Crippen molar-refractivity contribution in [2.24, 2.45) is 5.92 Å². The second-order valence-corrected chi connectivity index (χ2v) is 4.77. The van der Waals surface area contributed by atoms with Gasteiger partial charge < -0.3 is 9.64 Å². The Morgan fingerprint density at radius 2 is 2.00 bits per heavy atom. The summed E-state index contributed by atoms with van der Waals surface area (Å²) in [5.41, 5.74) is 1.66. The fourth-order valence-corrected chi connectivity index (χ4v) is 2.83. The molecule has 2 heterocycles. The van der Waals surface area contributed by atoms with Crippen LogP contribution in [0, 0.1) is 5.92 Å². The van der Waals surface area contributed by atoms with Crippen LogP contribution in [0.5, 0.6) is 0 Å². The molecule has 0 bridgehead atoms. The zero-order chi connectivity index (χ0) is 10.3. The summed E-state index contributed by atoms with van der Waals surface area (Å²) in [6, 6.07) is 10.7. The Morgan fingerprint density at radius 3 is 2.60 bits per heavy atom. The predicted octanol–water partition coefficient (Wildman–Crippen LogP) is 2.30. The number of rotatable bonds is 1. The van der Waals surface area contributed by atoms with E-state index in [4.69, 9.17) is 4.74 Å². The van der Waals surface area contributed by atoms with Crippen LogP contribution < -0.4 is 4.90 Å². The maximum Gasteiger partial charge on any atom is 0.0893 e. The molecule has 0 saturated carbocycles. The quantitative estimate of drug-likeness (QED) is 0.694. The summed E-state index contributed by atoms with van der Waals surface area (Å²) < 4.78 is 5.44. The molecule has 2 aliphatic heterocycles. The van der Waals surface area contributed by atoms with Gasteiger partial charge in [0, 0.05) is 12.2 Å². The van der Waals surface area contributed by atoms with Gasteiger partial charge in [0.15, 0.2) is 0 Å². The first-order chi connectivity index (χ1) is 7.33. The van der Waals surface area contributed by atoms with E-state index in [1.165, 1.54) is 18.7 Å². The Bertz CT molecular complexity index is 345. The van der Waals surface area contributed by atoms with Gasteiger partial charge in [0.25, 0.3) is 0 Å². The second kappa shape index (κ2) is 3.24. The molecule has 0 radical (unpaired) electrons. The van der Waals surface area contributed by atoms with E-state index in [0.717, 1.165) is 19.1 Å². The molecule has 3 rings (SSSR count). The molecule has 0 aromatic heterocycles. The van der Waals surface area contributed by atoms with Gasteiger partial charge in [-0.1, -0.05) is 25.1 Å². The molecule has 0 amide bonds. The van der Waals surface area contributed by atoms with Gasteiger partial charge in [-0.2, -0.15) is 0 Å². The summed E-state index contributed by atoms with van der Waals surface area (Å²) >= 11 is 0. The molecule has 1 spiro atoms. The van der Waals surface area contributed by atoms with Crippen molar-refractivity contribution < 1.29 is 4.74 Å². The van der Waals surface area contributed by atoms with Gasteiger partial charge in [0.05, 0.1) is 18.8 Å². The van der Waals surface area contributed by atoms with Crippen molar-refractivity contribution in [1.82, 2.24) is 0 Å². The largest absolute Gasteiger partial charge is 0.376 e. The molecule has 1 aromatic carbocycles. The van der Waals surface area contributed by atoms with Crippen molar-refractivity contribution in [2.45, 2.75) is 18.9 Å². The Labute approximate surface area is 90.8 Å². The third-order valence-corrected chi connectivity index (χ3v) is 4.01. The Hall–Kier alpha value is -1.02. The first kappa shape index (κ1) is 9.22. The smallest absolute Gasteiger partial charge is 0.0893 e. The highest BCUT2D eigenvalue weighted by atomic mass is 16.5. The van der Waals surface area contributed by atoms with Crippen LogP contribution in [0.3, 0.4) is 0 Å². The van der Waals surface area contributed by atoms with Gasteiger partial charge in [0.1, 0.15) is 0 Å². The lowest BCUT2D eigenvalue weighted by Crippen LogP contribution is -2.62. The third-order valence-electron chi connectivity index (χ3n) is 4.01. The van der Waals surface area contributed by atoms with Gasteiger partial charge >= 0.3 is 0 Å². The maximum atomic E-state index is 5.44. The number of nitrogens with zero attached hydrogens (tertiary/aromatic N) is 1. The first-order valence-electron chi connectivity index (χ1n) is 5.73. The highest BCUT2D eigenvalue weighted by Crippen LogP contribution is 2.42. The molecule has 1 atom stereocenters. The minimum absolute atomic E-state index is 0.307. The summed E-state index contributed by atoms with van der Waals surface area (Å²) in [4.78, 5) is 2.54. The molecule has 0 aliphatic carbocycles. The van der Waals surface area contributed by atoms with Crippen molar-refractivity contribution in [3.63, 3.8) is 0 Å². The zero-order valence-corrected chi connectivity index (χ0v) is 9.15. The second-order valence-electron chi connectivity index (χ2n) is 4.77. The molecule has 1 aromatic rings. The minimum Gasteiger partial charge on any atom is -0.376 e. The van der Waals surface area contributed by atoms with Crippen molar-refractivity contribution in [3.05, 3.63) is 30.3 Å². The van der Waals surface area contributed by atoms with Crippen LogP contribution in [0.1, 0.15) is 13.3 Å². The lowest BCUT2D eigenvalue weighted by molar-refractivity contribution is -0.0698. The lowest BCUT2D eigenvalue weighted by atomic mass is 9.84. The monoisotopic (exact) mass is 203 g/mol. The van der Waals surface area contributed by atoms with Crippen molar-refractivity contribution in [2.75, 3.05) is 24.7 Å². The molecule has 1 unspecified atom stereocenters. The Morgan fingerprint density at radius 1 is 1.27 bits per heavy atom. The van der Waals surface area contributed by atoms with E-state index >= 15 is 0 Å². The average molecular weight is 203 g/mol. The van der Waals surface area contributed by atoms with E-state index in [-0.39, 0.29) is 0 Å². The summed E-state index contributed by atoms with van der Waals surface area (Å²) in [6.07, 6.45) is 1.29. The molecule has 2 nitrogen and oxygen atoms in total. The van der Waals surface area contributed by atoms with E-state index in [0.29, 0.717) is 5.54 Å². The number of hydrogen-bond acceptors (Lipinski definition) is 2. The number of ether oxygens (including phenoxy) is 1. The van der Waals surface area contributed by atoms with Crippen LogP contribution in [-0.4, -0.2) is 25.3 Å². The Kier molecular flexibility index (Phi) is 1.99. The fourth-order valence-electron chi connectivity index (χ4n) is 2.83. The topological polar surface area (TPSA) is 12.5 Å². The predicted molar refractivity (Wildman–Crippen MR) is 61.1 cm³/mol. The molecule has 80 valence electrons. The van der Waals surface area contributed by atoms with Crippen molar-refractivity contribution >= 4 is 5.69 Å². The molecular weight excluding hydrogens is 186 g/mol. The van der Waals surface area contributed by atoms with E-state index in [2.05, 4.69) is 42.2 Å². The van der Waals surface area contributed by atoms with E-state index < -0.39 is 0 Å². The summed E-state index contributed by atoms with van der Waals surface area (Å²) in [7, 11) is 0. The highest BCUT2D eigenvalue weighted by Gasteiger charge is 2.52. The average Bonchev–Trinajstić information content (AvgIpc) is 2.56. The molecule has 2 fully saturated rings.